The number of amides is 1. The van der Waals surface area contributed by atoms with Gasteiger partial charge in [-0.3, -0.25) is 9.48 Å². The molecule has 9 nitrogen and oxygen atoms in total. The molecule has 142 valence electrons. The maximum absolute atomic E-state index is 12.6. The number of aryl methyl sites for hydroxylation is 1. The van der Waals surface area contributed by atoms with Crippen molar-refractivity contribution in [3.63, 3.8) is 0 Å². The van der Waals surface area contributed by atoms with Crippen LogP contribution in [0.25, 0.3) is 0 Å². The Bertz CT molecular complexity index is 667. The van der Waals surface area contributed by atoms with Crippen LogP contribution in [0.2, 0.25) is 0 Å². The highest BCUT2D eigenvalue weighted by molar-refractivity contribution is 7.86. The smallest absolute Gasteiger partial charge is 0.281 e. The fourth-order valence-corrected chi connectivity index (χ4v) is 4.15. The summed E-state index contributed by atoms with van der Waals surface area (Å²) >= 11 is 0. The van der Waals surface area contributed by atoms with Gasteiger partial charge in [0.05, 0.1) is 0 Å². The maximum atomic E-state index is 12.6. The molecule has 0 unspecified atom stereocenters. The van der Waals surface area contributed by atoms with Crippen LogP contribution in [0.1, 0.15) is 30.3 Å². The minimum Gasteiger partial charge on any atom is -0.381 e. The maximum Gasteiger partial charge on any atom is 0.281 e. The van der Waals surface area contributed by atoms with E-state index < -0.39 is 10.2 Å². The molecule has 1 amide bonds. The number of carbonyl (C=O) groups excluding carboxylic acids is 1. The van der Waals surface area contributed by atoms with Gasteiger partial charge in [-0.2, -0.15) is 22.1 Å². The largest absolute Gasteiger partial charge is 0.381 e. The van der Waals surface area contributed by atoms with Crippen LogP contribution in [-0.4, -0.2) is 79.2 Å². The molecular formula is C15H27N5O4S. The molecule has 1 aromatic rings. The number of hydrogen-bond acceptors (Lipinski definition) is 5. The third-order valence-corrected chi connectivity index (χ3v) is 6.22. The topological polar surface area (TPSA) is 96.8 Å². The highest BCUT2D eigenvalue weighted by atomic mass is 32.2. The minimum atomic E-state index is -3.56. The molecule has 2 heterocycles. The molecule has 1 aromatic heterocycles. The highest BCUT2D eigenvalue weighted by Crippen LogP contribution is 2.19. The molecule has 1 fully saturated rings. The molecule has 1 N–H and O–H groups in total. The number of rotatable bonds is 8. The van der Waals surface area contributed by atoms with Crippen molar-refractivity contribution in [2.75, 3.05) is 40.4 Å². The van der Waals surface area contributed by atoms with Gasteiger partial charge >= 0.3 is 0 Å². The van der Waals surface area contributed by atoms with Crippen molar-refractivity contribution >= 4 is 16.1 Å². The normalized spacial score (nSPS) is 16.5. The van der Waals surface area contributed by atoms with E-state index in [4.69, 9.17) is 4.74 Å². The summed E-state index contributed by atoms with van der Waals surface area (Å²) in [5.41, 5.74) is 0.468. The molecule has 0 aliphatic carbocycles. The van der Waals surface area contributed by atoms with E-state index in [1.165, 1.54) is 22.7 Å². The molecule has 0 aromatic carbocycles. The van der Waals surface area contributed by atoms with Gasteiger partial charge in [0, 0.05) is 59.2 Å². The van der Waals surface area contributed by atoms with E-state index in [-0.39, 0.29) is 25.0 Å². The van der Waals surface area contributed by atoms with E-state index in [1.54, 1.807) is 16.9 Å². The highest BCUT2D eigenvalue weighted by Gasteiger charge is 2.32. The summed E-state index contributed by atoms with van der Waals surface area (Å²) in [5.74, 6) is -0.256. The fourth-order valence-electron chi connectivity index (χ4n) is 2.82. The Hall–Kier alpha value is -1.49. The molecule has 1 aliphatic heterocycles. The molecule has 0 saturated carbocycles. The lowest BCUT2D eigenvalue weighted by molar-refractivity contribution is 0.0571. The van der Waals surface area contributed by atoms with Crippen LogP contribution in [0.5, 0.6) is 0 Å². The van der Waals surface area contributed by atoms with Gasteiger partial charge < -0.3 is 10.1 Å². The quantitative estimate of drug-likeness (QED) is 0.687. The number of aromatic nitrogens is 2. The molecule has 25 heavy (non-hydrogen) atoms. The van der Waals surface area contributed by atoms with Gasteiger partial charge in [0.15, 0.2) is 0 Å². The van der Waals surface area contributed by atoms with E-state index in [0.717, 1.165) is 0 Å². The monoisotopic (exact) mass is 373 g/mol. The lowest BCUT2D eigenvalue weighted by Crippen LogP contribution is -2.50. The van der Waals surface area contributed by atoms with Gasteiger partial charge in [-0.25, -0.2) is 0 Å². The molecule has 0 radical (unpaired) electrons. The Morgan fingerprint density at radius 3 is 2.68 bits per heavy atom. The summed E-state index contributed by atoms with van der Waals surface area (Å²) in [6.07, 6.45) is 2.89. The van der Waals surface area contributed by atoms with Gasteiger partial charge in [-0.05, 0) is 25.8 Å². The van der Waals surface area contributed by atoms with Crippen molar-refractivity contribution in [1.29, 1.82) is 0 Å². The van der Waals surface area contributed by atoms with Crippen molar-refractivity contribution in [2.24, 2.45) is 0 Å². The standard InChI is InChI=1S/C15H27N5O4S/c1-4-19-14(5-8-17-19)15(21)16-9-10-20(25(22,23)18(2)3)13-6-11-24-12-7-13/h5,8,13H,4,6-7,9-12H2,1-3H3,(H,16,21). The van der Waals surface area contributed by atoms with Crippen LogP contribution in [0, 0.1) is 0 Å². The molecule has 0 spiro atoms. The van der Waals surface area contributed by atoms with Crippen LogP contribution in [0.3, 0.4) is 0 Å². The Kier molecular flexibility index (Phi) is 6.94. The molecule has 0 bridgehead atoms. The average Bonchev–Trinajstić information content (AvgIpc) is 3.07. The predicted molar refractivity (Wildman–Crippen MR) is 93.4 cm³/mol. The zero-order valence-corrected chi connectivity index (χ0v) is 15.8. The average molecular weight is 373 g/mol. The van der Waals surface area contributed by atoms with Crippen LogP contribution in [0.15, 0.2) is 12.3 Å². The number of carbonyl (C=O) groups is 1. The molecule has 1 aliphatic rings. The molecule has 10 heteroatoms. The Labute approximate surface area is 149 Å². The lowest BCUT2D eigenvalue weighted by atomic mass is 10.1. The molecule has 1 saturated heterocycles. The third-order valence-electron chi connectivity index (χ3n) is 4.22. The van der Waals surface area contributed by atoms with Crippen LogP contribution in [0.4, 0.5) is 0 Å². The fraction of sp³-hybridized carbons (Fsp3) is 0.733. The molecule has 2 rings (SSSR count). The molecular weight excluding hydrogens is 346 g/mol. The van der Waals surface area contributed by atoms with Crippen LogP contribution < -0.4 is 5.32 Å². The first-order valence-electron chi connectivity index (χ1n) is 8.45. The van der Waals surface area contributed by atoms with E-state index in [9.17, 15) is 13.2 Å². The summed E-state index contributed by atoms with van der Waals surface area (Å²) in [5, 5.41) is 6.85. The minimum absolute atomic E-state index is 0.112. The summed E-state index contributed by atoms with van der Waals surface area (Å²) < 4.78 is 34.8. The Balaban J connectivity index is 2.01. The van der Waals surface area contributed by atoms with Gasteiger partial charge in [-0.15, -0.1) is 0 Å². The summed E-state index contributed by atoms with van der Waals surface area (Å²) in [7, 11) is -0.533. The lowest BCUT2D eigenvalue weighted by Gasteiger charge is -2.34. The van der Waals surface area contributed by atoms with E-state index >= 15 is 0 Å². The first-order valence-corrected chi connectivity index (χ1v) is 9.84. The van der Waals surface area contributed by atoms with Gasteiger partial charge in [0.25, 0.3) is 16.1 Å². The summed E-state index contributed by atoms with van der Waals surface area (Å²) in [6, 6.07) is 1.53. The second-order valence-electron chi connectivity index (χ2n) is 6.03. The van der Waals surface area contributed by atoms with Gasteiger partial charge in [-0.1, -0.05) is 0 Å². The Morgan fingerprint density at radius 1 is 1.40 bits per heavy atom. The Morgan fingerprint density at radius 2 is 2.08 bits per heavy atom. The second kappa shape index (κ2) is 8.75. The number of nitrogens with zero attached hydrogens (tertiary/aromatic N) is 4. The summed E-state index contributed by atoms with van der Waals surface area (Å²) in [6.45, 7) is 4.05. The second-order valence-corrected chi connectivity index (χ2v) is 8.13. The van der Waals surface area contributed by atoms with E-state index in [0.29, 0.717) is 38.3 Å². The third kappa shape index (κ3) is 4.78. The van der Waals surface area contributed by atoms with Crippen LogP contribution >= 0.6 is 0 Å². The number of ether oxygens (including phenoxy) is 1. The zero-order valence-electron chi connectivity index (χ0n) is 15.0. The van der Waals surface area contributed by atoms with Crippen LogP contribution in [-0.2, 0) is 21.5 Å². The SMILES string of the molecule is CCn1nccc1C(=O)NCCN(C1CCOCC1)S(=O)(=O)N(C)C. The van der Waals surface area contributed by atoms with E-state index in [1.807, 2.05) is 6.92 Å². The first-order chi connectivity index (χ1) is 11.9. The van der Waals surface area contributed by atoms with Gasteiger partial charge in [0.2, 0.25) is 0 Å². The van der Waals surface area contributed by atoms with E-state index in [2.05, 4.69) is 10.4 Å². The van der Waals surface area contributed by atoms with Crippen molar-refractivity contribution in [2.45, 2.75) is 32.4 Å². The number of nitrogens with one attached hydrogen (secondary N) is 1. The van der Waals surface area contributed by atoms with Crippen molar-refractivity contribution in [1.82, 2.24) is 23.7 Å². The molecule has 0 atom stereocenters. The van der Waals surface area contributed by atoms with Crippen molar-refractivity contribution < 1.29 is 17.9 Å². The zero-order chi connectivity index (χ0) is 18.4. The first kappa shape index (κ1) is 19.8. The predicted octanol–water partition coefficient (Wildman–Crippen LogP) is -0.0798. The van der Waals surface area contributed by atoms with Gasteiger partial charge in [0.1, 0.15) is 5.69 Å². The van der Waals surface area contributed by atoms with Crippen molar-refractivity contribution in [3.8, 4) is 0 Å². The summed E-state index contributed by atoms with van der Waals surface area (Å²) in [4.78, 5) is 12.3. The number of hydrogen-bond donors (Lipinski definition) is 1. The van der Waals surface area contributed by atoms with Crippen molar-refractivity contribution in [3.05, 3.63) is 18.0 Å².